The summed E-state index contributed by atoms with van der Waals surface area (Å²) in [7, 11) is -3.14. The molecule has 1 rings (SSSR count). The van der Waals surface area contributed by atoms with Crippen molar-refractivity contribution < 1.29 is 8.42 Å². The Labute approximate surface area is 116 Å². The van der Waals surface area contributed by atoms with Crippen molar-refractivity contribution in [3.8, 4) is 0 Å². The molecule has 0 amide bonds. The highest BCUT2D eigenvalue weighted by atomic mass is 32.2. The van der Waals surface area contributed by atoms with E-state index in [1.54, 1.807) is 0 Å². The van der Waals surface area contributed by atoms with E-state index in [2.05, 4.69) is 22.2 Å². The summed E-state index contributed by atoms with van der Waals surface area (Å²) in [6, 6.07) is 10.4. The number of nitrogens with one attached hydrogen (secondary N) is 2. The van der Waals surface area contributed by atoms with Gasteiger partial charge in [0.05, 0.1) is 5.75 Å². The summed E-state index contributed by atoms with van der Waals surface area (Å²) in [4.78, 5) is 0. The highest BCUT2D eigenvalue weighted by molar-refractivity contribution is 7.89. The SMILES string of the molecule is CC(C)NCCS(=O)(=O)NCCCc1ccccc1. The lowest BCUT2D eigenvalue weighted by molar-refractivity contribution is 0.565. The summed E-state index contributed by atoms with van der Waals surface area (Å²) < 4.78 is 26.0. The maximum absolute atomic E-state index is 11.7. The van der Waals surface area contributed by atoms with Crippen LogP contribution in [-0.2, 0) is 16.4 Å². The Kier molecular flexibility index (Phi) is 7.05. The number of hydrogen-bond donors (Lipinski definition) is 2. The van der Waals surface area contributed by atoms with Gasteiger partial charge >= 0.3 is 0 Å². The van der Waals surface area contributed by atoms with Crippen molar-refractivity contribution in [2.45, 2.75) is 32.7 Å². The third kappa shape index (κ3) is 7.97. The molecule has 4 nitrogen and oxygen atoms in total. The van der Waals surface area contributed by atoms with E-state index in [1.165, 1.54) is 5.56 Å². The van der Waals surface area contributed by atoms with Crippen LogP contribution in [0.3, 0.4) is 0 Å². The van der Waals surface area contributed by atoms with Gasteiger partial charge in [-0.15, -0.1) is 0 Å². The summed E-state index contributed by atoms with van der Waals surface area (Å²) in [6.07, 6.45) is 1.72. The lowest BCUT2D eigenvalue weighted by Gasteiger charge is -2.09. The van der Waals surface area contributed by atoms with Gasteiger partial charge in [0.15, 0.2) is 0 Å². The minimum absolute atomic E-state index is 0.135. The van der Waals surface area contributed by atoms with Crippen LogP contribution in [0.4, 0.5) is 0 Å². The maximum Gasteiger partial charge on any atom is 0.212 e. The molecule has 0 aliphatic rings. The predicted octanol–water partition coefficient (Wildman–Crippen LogP) is 1.54. The molecule has 0 atom stereocenters. The fourth-order valence-corrected chi connectivity index (χ4v) is 2.71. The Morgan fingerprint density at radius 2 is 1.79 bits per heavy atom. The zero-order valence-corrected chi connectivity index (χ0v) is 12.5. The molecule has 0 spiro atoms. The van der Waals surface area contributed by atoms with Crippen molar-refractivity contribution in [3.05, 3.63) is 35.9 Å². The average Bonchev–Trinajstić information content (AvgIpc) is 2.35. The third-order valence-electron chi connectivity index (χ3n) is 2.73. The molecule has 0 fully saturated rings. The van der Waals surface area contributed by atoms with Crippen LogP contribution in [0.15, 0.2) is 30.3 Å². The van der Waals surface area contributed by atoms with Gasteiger partial charge in [-0.05, 0) is 18.4 Å². The highest BCUT2D eigenvalue weighted by Gasteiger charge is 2.08. The standard InChI is InChI=1S/C14H24N2O2S/c1-13(2)15-11-12-19(17,18)16-10-6-9-14-7-4-3-5-8-14/h3-5,7-8,13,15-16H,6,9-12H2,1-2H3. The molecule has 0 saturated heterocycles. The van der Waals surface area contributed by atoms with Gasteiger partial charge in [-0.2, -0.15) is 0 Å². The lowest BCUT2D eigenvalue weighted by atomic mass is 10.1. The van der Waals surface area contributed by atoms with Gasteiger partial charge in [0, 0.05) is 19.1 Å². The monoisotopic (exact) mass is 284 g/mol. The van der Waals surface area contributed by atoms with Crippen LogP contribution in [0.1, 0.15) is 25.8 Å². The molecule has 19 heavy (non-hydrogen) atoms. The molecule has 2 N–H and O–H groups in total. The van der Waals surface area contributed by atoms with E-state index in [9.17, 15) is 8.42 Å². The molecule has 0 aliphatic carbocycles. The Morgan fingerprint density at radius 1 is 1.11 bits per heavy atom. The fourth-order valence-electron chi connectivity index (χ4n) is 1.72. The molecule has 0 aliphatic heterocycles. The van der Waals surface area contributed by atoms with Crippen LogP contribution in [-0.4, -0.2) is 33.3 Å². The maximum atomic E-state index is 11.7. The highest BCUT2D eigenvalue weighted by Crippen LogP contribution is 2.01. The first-order chi connectivity index (χ1) is 8.99. The lowest BCUT2D eigenvalue weighted by Crippen LogP contribution is -2.34. The van der Waals surface area contributed by atoms with Gasteiger partial charge in [-0.1, -0.05) is 44.2 Å². The smallest absolute Gasteiger partial charge is 0.212 e. The molecular weight excluding hydrogens is 260 g/mol. The van der Waals surface area contributed by atoms with E-state index < -0.39 is 10.0 Å². The van der Waals surface area contributed by atoms with E-state index in [0.717, 1.165) is 12.8 Å². The minimum Gasteiger partial charge on any atom is -0.313 e. The summed E-state index contributed by atoms with van der Waals surface area (Å²) in [6.45, 7) is 4.99. The Morgan fingerprint density at radius 3 is 2.42 bits per heavy atom. The molecule has 0 saturated carbocycles. The topological polar surface area (TPSA) is 58.2 Å². The largest absolute Gasteiger partial charge is 0.313 e. The van der Waals surface area contributed by atoms with Crippen LogP contribution in [0, 0.1) is 0 Å². The van der Waals surface area contributed by atoms with E-state index in [0.29, 0.717) is 19.1 Å². The molecule has 108 valence electrons. The van der Waals surface area contributed by atoms with E-state index in [1.807, 2.05) is 32.0 Å². The predicted molar refractivity (Wildman–Crippen MR) is 79.7 cm³/mol. The quantitative estimate of drug-likeness (QED) is 0.676. The van der Waals surface area contributed by atoms with Crippen LogP contribution in [0.5, 0.6) is 0 Å². The summed E-state index contributed by atoms with van der Waals surface area (Å²) in [5.41, 5.74) is 1.24. The molecule has 0 radical (unpaired) electrons. The molecular formula is C14H24N2O2S. The Bertz CT molecular complexity index is 444. The number of benzene rings is 1. The van der Waals surface area contributed by atoms with Gasteiger partial charge < -0.3 is 5.32 Å². The van der Waals surface area contributed by atoms with Crippen LogP contribution >= 0.6 is 0 Å². The second-order valence-corrected chi connectivity index (χ2v) is 6.84. The van der Waals surface area contributed by atoms with Crippen molar-refractivity contribution in [1.82, 2.24) is 10.0 Å². The number of hydrogen-bond acceptors (Lipinski definition) is 3. The summed E-state index contributed by atoms with van der Waals surface area (Å²) >= 11 is 0. The molecule has 0 heterocycles. The molecule has 1 aromatic carbocycles. The fraction of sp³-hybridized carbons (Fsp3) is 0.571. The molecule has 5 heteroatoms. The first-order valence-corrected chi connectivity index (χ1v) is 8.39. The summed E-state index contributed by atoms with van der Waals surface area (Å²) in [5.74, 6) is 0.135. The van der Waals surface area contributed by atoms with Crippen molar-refractivity contribution in [3.63, 3.8) is 0 Å². The van der Waals surface area contributed by atoms with Crippen molar-refractivity contribution in [1.29, 1.82) is 0 Å². The van der Waals surface area contributed by atoms with E-state index in [-0.39, 0.29) is 5.75 Å². The van der Waals surface area contributed by atoms with Gasteiger partial charge in [-0.3, -0.25) is 0 Å². The van der Waals surface area contributed by atoms with Crippen molar-refractivity contribution in [2.75, 3.05) is 18.8 Å². The van der Waals surface area contributed by atoms with Gasteiger partial charge in [0.2, 0.25) is 10.0 Å². The second kappa shape index (κ2) is 8.30. The van der Waals surface area contributed by atoms with E-state index >= 15 is 0 Å². The molecule has 0 unspecified atom stereocenters. The van der Waals surface area contributed by atoms with Crippen molar-refractivity contribution in [2.24, 2.45) is 0 Å². The zero-order valence-electron chi connectivity index (χ0n) is 11.7. The van der Waals surface area contributed by atoms with E-state index in [4.69, 9.17) is 0 Å². The third-order valence-corrected chi connectivity index (χ3v) is 4.12. The first-order valence-electron chi connectivity index (χ1n) is 6.74. The Hall–Kier alpha value is -0.910. The van der Waals surface area contributed by atoms with Crippen LogP contribution in [0.2, 0.25) is 0 Å². The normalized spacial score (nSPS) is 11.9. The summed E-state index contributed by atoms with van der Waals surface area (Å²) in [5, 5.41) is 3.10. The second-order valence-electron chi connectivity index (χ2n) is 4.91. The first kappa shape index (κ1) is 16.1. The van der Waals surface area contributed by atoms with Crippen molar-refractivity contribution >= 4 is 10.0 Å². The molecule has 1 aromatic rings. The van der Waals surface area contributed by atoms with Crippen LogP contribution < -0.4 is 10.0 Å². The van der Waals surface area contributed by atoms with Gasteiger partial charge in [-0.25, -0.2) is 13.1 Å². The van der Waals surface area contributed by atoms with Gasteiger partial charge in [0.25, 0.3) is 0 Å². The Balaban J connectivity index is 2.17. The molecule has 0 aromatic heterocycles. The number of aryl methyl sites for hydroxylation is 1. The van der Waals surface area contributed by atoms with Gasteiger partial charge in [0.1, 0.15) is 0 Å². The number of sulfonamides is 1. The molecule has 0 bridgehead atoms. The van der Waals surface area contributed by atoms with Crippen LogP contribution in [0.25, 0.3) is 0 Å². The zero-order chi connectivity index (χ0) is 14.1. The average molecular weight is 284 g/mol. The minimum atomic E-state index is -3.14. The number of rotatable bonds is 9.